The summed E-state index contributed by atoms with van der Waals surface area (Å²) in [5, 5.41) is 0. The SMILES string of the molecule is CC1=[C-]C(C)(C)C(C)=C1C.[W]. The van der Waals surface area contributed by atoms with E-state index in [-0.39, 0.29) is 26.5 Å². The van der Waals surface area contributed by atoms with Crippen LogP contribution < -0.4 is 0 Å². The fourth-order valence-electron chi connectivity index (χ4n) is 1.41. The third-order valence-electron chi connectivity index (χ3n) is 2.56. The van der Waals surface area contributed by atoms with Gasteiger partial charge in [0.05, 0.1) is 0 Å². The van der Waals surface area contributed by atoms with Gasteiger partial charge in [0.1, 0.15) is 0 Å². The van der Waals surface area contributed by atoms with Crippen molar-refractivity contribution in [2.24, 2.45) is 5.41 Å². The quantitative estimate of drug-likeness (QED) is 0.602. The second-order valence-electron chi connectivity index (χ2n) is 3.62. The molecule has 0 saturated carbocycles. The van der Waals surface area contributed by atoms with E-state index < -0.39 is 0 Å². The van der Waals surface area contributed by atoms with Gasteiger partial charge < -0.3 is 0 Å². The average molecular weight is 319 g/mol. The van der Waals surface area contributed by atoms with Crippen LogP contribution in [-0.4, -0.2) is 0 Å². The fourth-order valence-corrected chi connectivity index (χ4v) is 1.41. The molecule has 0 amide bonds. The maximum Gasteiger partial charge on any atom is 0 e. The van der Waals surface area contributed by atoms with Crippen molar-refractivity contribution in [2.45, 2.75) is 34.6 Å². The second-order valence-corrected chi connectivity index (χ2v) is 3.62. The third-order valence-corrected chi connectivity index (χ3v) is 2.56. The van der Waals surface area contributed by atoms with Crippen molar-refractivity contribution < 1.29 is 21.1 Å². The number of hydrogen-bond acceptors (Lipinski definition) is 0. The average Bonchev–Trinajstić information content (AvgIpc) is 1.95. The van der Waals surface area contributed by atoms with Gasteiger partial charge in [0.25, 0.3) is 0 Å². The molecule has 0 aromatic carbocycles. The summed E-state index contributed by atoms with van der Waals surface area (Å²) < 4.78 is 0. The van der Waals surface area contributed by atoms with Crippen LogP contribution >= 0.6 is 0 Å². The van der Waals surface area contributed by atoms with Gasteiger partial charge in [-0.1, -0.05) is 33.1 Å². The molecule has 1 rings (SSSR count). The van der Waals surface area contributed by atoms with Crippen molar-refractivity contribution in [2.75, 3.05) is 0 Å². The molecule has 0 N–H and O–H groups in total. The summed E-state index contributed by atoms with van der Waals surface area (Å²) in [6.45, 7) is 10.9. The Balaban J connectivity index is 0.000001000. The van der Waals surface area contributed by atoms with Gasteiger partial charge in [0.2, 0.25) is 0 Å². The molecule has 11 heavy (non-hydrogen) atoms. The summed E-state index contributed by atoms with van der Waals surface area (Å²) >= 11 is 0. The summed E-state index contributed by atoms with van der Waals surface area (Å²) in [5.74, 6) is 0. The molecule has 0 nitrogen and oxygen atoms in total. The van der Waals surface area contributed by atoms with Crippen molar-refractivity contribution in [3.05, 3.63) is 22.8 Å². The van der Waals surface area contributed by atoms with Crippen LogP contribution in [0.4, 0.5) is 0 Å². The van der Waals surface area contributed by atoms with Gasteiger partial charge >= 0.3 is 0 Å². The molecule has 1 aliphatic carbocycles. The largest absolute Gasteiger partial charge is 0.263 e. The minimum Gasteiger partial charge on any atom is -0.263 e. The van der Waals surface area contributed by atoms with Crippen LogP contribution in [-0.2, 0) is 21.1 Å². The Morgan fingerprint density at radius 3 is 1.64 bits per heavy atom. The van der Waals surface area contributed by atoms with E-state index in [1.165, 1.54) is 16.7 Å². The van der Waals surface area contributed by atoms with E-state index in [1.807, 2.05) is 0 Å². The Morgan fingerprint density at radius 1 is 1.09 bits per heavy atom. The van der Waals surface area contributed by atoms with Gasteiger partial charge in [-0.2, -0.15) is 11.1 Å². The van der Waals surface area contributed by atoms with Crippen LogP contribution in [0.15, 0.2) is 16.7 Å². The monoisotopic (exact) mass is 319 g/mol. The standard InChI is InChI=1S/C10H15.W/c1-7-6-10(4,5)9(3)8(7)2;/h1-5H3;/q-1;. The first kappa shape index (κ1) is 11.2. The molecule has 0 aromatic rings. The molecule has 0 aromatic heterocycles. The van der Waals surface area contributed by atoms with Gasteiger partial charge in [-0.3, -0.25) is 6.08 Å². The second kappa shape index (κ2) is 3.27. The molecule has 62 valence electrons. The Bertz CT molecular complexity index is 219. The number of rotatable bonds is 0. The molecule has 0 aliphatic heterocycles. The predicted molar refractivity (Wildman–Crippen MR) is 44.6 cm³/mol. The Hall–Kier alpha value is 0.168. The third kappa shape index (κ3) is 1.85. The molecule has 0 saturated heterocycles. The summed E-state index contributed by atoms with van der Waals surface area (Å²) in [6, 6.07) is 0. The summed E-state index contributed by atoms with van der Waals surface area (Å²) in [4.78, 5) is 0. The molecule has 0 heterocycles. The van der Waals surface area contributed by atoms with E-state index in [9.17, 15) is 0 Å². The maximum atomic E-state index is 3.44. The summed E-state index contributed by atoms with van der Waals surface area (Å²) in [6.07, 6.45) is 3.44. The first-order valence-corrected chi connectivity index (χ1v) is 3.75. The molecular formula is C10H15W-. The fraction of sp³-hybridized carbons (Fsp3) is 0.600. The van der Waals surface area contributed by atoms with E-state index in [0.717, 1.165) is 0 Å². The van der Waals surface area contributed by atoms with Gasteiger partial charge in [0, 0.05) is 21.1 Å². The molecule has 0 fully saturated rings. The van der Waals surface area contributed by atoms with Gasteiger partial charge in [0.15, 0.2) is 0 Å². The molecule has 0 bridgehead atoms. The first-order chi connectivity index (χ1) is 4.45. The topological polar surface area (TPSA) is 0 Å². The van der Waals surface area contributed by atoms with E-state index in [2.05, 4.69) is 40.7 Å². The molecule has 0 unspecified atom stereocenters. The maximum absolute atomic E-state index is 3.44. The zero-order valence-electron chi connectivity index (χ0n) is 7.91. The Labute approximate surface area is 84.0 Å². The van der Waals surface area contributed by atoms with Gasteiger partial charge in [-0.15, -0.1) is 6.92 Å². The van der Waals surface area contributed by atoms with Crippen LogP contribution in [0, 0.1) is 11.5 Å². The van der Waals surface area contributed by atoms with Crippen molar-refractivity contribution in [1.82, 2.24) is 0 Å². The van der Waals surface area contributed by atoms with Crippen LogP contribution in [0.5, 0.6) is 0 Å². The molecule has 0 radical (unpaired) electrons. The minimum absolute atomic E-state index is 0. The molecule has 1 heteroatoms. The van der Waals surface area contributed by atoms with Gasteiger partial charge in [-0.25, -0.2) is 5.57 Å². The van der Waals surface area contributed by atoms with Gasteiger partial charge in [-0.05, 0) is 0 Å². The van der Waals surface area contributed by atoms with Crippen molar-refractivity contribution in [3.8, 4) is 0 Å². The Kier molecular flexibility index (Phi) is 3.32. The van der Waals surface area contributed by atoms with Crippen LogP contribution in [0.3, 0.4) is 0 Å². The number of hydrogen-bond donors (Lipinski definition) is 0. The van der Waals surface area contributed by atoms with Crippen LogP contribution in [0.25, 0.3) is 0 Å². The summed E-state index contributed by atoms with van der Waals surface area (Å²) in [5.41, 5.74) is 4.39. The van der Waals surface area contributed by atoms with Crippen LogP contribution in [0.1, 0.15) is 34.6 Å². The van der Waals surface area contributed by atoms with Crippen molar-refractivity contribution in [3.63, 3.8) is 0 Å². The molecule has 1 aliphatic rings. The number of allylic oxidation sites excluding steroid dienone is 4. The minimum atomic E-state index is 0. The normalized spacial score (nSPS) is 21.4. The van der Waals surface area contributed by atoms with Crippen molar-refractivity contribution in [1.29, 1.82) is 0 Å². The van der Waals surface area contributed by atoms with E-state index in [4.69, 9.17) is 0 Å². The van der Waals surface area contributed by atoms with Crippen LogP contribution in [0.2, 0.25) is 0 Å². The van der Waals surface area contributed by atoms with Crippen molar-refractivity contribution >= 4 is 0 Å². The summed E-state index contributed by atoms with van der Waals surface area (Å²) in [7, 11) is 0. The molecule has 0 atom stereocenters. The van der Waals surface area contributed by atoms with E-state index in [0.29, 0.717) is 0 Å². The predicted octanol–water partition coefficient (Wildman–Crippen LogP) is 3.11. The van der Waals surface area contributed by atoms with E-state index >= 15 is 0 Å². The zero-order chi connectivity index (χ0) is 7.94. The van der Waals surface area contributed by atoms with E-state index in [1.54, 1.807) is 0 Å². The Morgan fingerprint density at radius 2 is 1.55 bits per heavy atom. The molecular weight excluding hydrogens is 304 g/mol. The first-order valence-electron chi connectivity index (χ1n) is 3.75. The smallest absolute Gasteiger partial charge is 0 e. The zero-order valence-corrected chi connectivity index (χ0v) is 10.8. The molecule has 0 spiro atoms.